The summed E-state index contributed by atoms with van der Waals surface area (Å²) in [4.78, 5) is 15.7. The van der Waals surface area contributed by atoms with E-state index >= 15 is 0 Å². The predicted octanol–water partition coefficient (Wildman–Crippen LogP) is 2.51. The lowest BCUT2D eigenvalue weighted by molar-refractivity contribution is 0.458. The lowest BCUT2D eigenvalue weighted by Gasteiger charge is -2.34. The fraction of sp³-hybridized carbons (Fsp3) is 0.571. The molecule has 2 aromatic rings. The normalized spacial score (nSPS) is 15.7. The van der Waals surface area contributed by atoms with E-state index in [0.29, 0.717) is 6.04 Å². The van der Waals surface area contributed by atoms with Gasteiger partial charge in [0.05, 0.1) is 0 Å². The fourth-order valence-corrected chi connectivity index (χ4v) is 3.60. The van der Waals surface area contributed by atoms with Gasteiger partial charge in [0.2, 0.25) is 0 Å². The van der Waals surface area contributed by atoms with Gasteiger partial charge in [-0.25, -0.2) is 9.97 Å². The largest absolute Gasteiger partial charge is 0.356 e. The van der Waals surface area contributed by atoms with Crippen LogP contribution in [0.3, 0.4) is 0 Å². The number of unbranched alkanes of at least 4 members (excludes halogenated alkanes) is 1. The summed E-state index contributed by atoms with van der Waals surface area (Å²) in [5.74, 6) is 3.08. The molecule has 0 radical (unpaired) electrons. The lowest BCUT2D eigenvalue weighted by atomic mass is 10.1. The Hall–Kier alpha value is -2.57. The number of hydrogen-bond donors (Lipinski definition) is 2. The molecule has 1 aliphatic rings. The minimum Gasteiger partial charge on any atom is -0.356 e. The Kier molecular flexibility index (Phi) is 7.28. The maximum absolute atomic E-state index is 4.64. The van der Waals surface area contributed by atoms with Crippen LogP contribution in [0.25, 0.3) is 0 Å². The van der Waals surface area contributed by atoms with Crippen molar-refractivity contribution >= 4 is 11.8 Å². The summed E-state index contributed by atoms with van der Waals surface area (Å²) in [6.07, 6.45) is 8.33. The number of piperidine rings is 1. The lowest BCUT2D eigenvalue weighted by Crippen LogP contribution is -2.49. The second-order valence-electron chi connectivity index (χ2n) is 7.42. The quantitative estimate of drug-likeness (QED) is 0.437. The molecule has 2 N–H and O–H groups in total. The Bertz CT molecular complexity index is 760. The summed E-state index contributed by atoms with van der Waals surface area (Å²) >= 11 is 0. The number of aliphatic imine (C=N–C) groups is 1. The minimum atomic E-state index is 0.459. The molecule has 7 nitrogen and oxygen atoms in total. The van der Waals surface area contributed by atoms with Gasteiger partial charge in [-0.1, -0.05) is 6.07 Å². The average molecular weight is 384 g/mol. The van der Waals surface area contributed by atoms with Gasteiger partial charge in [-0.3, -0.25) is 4.99 Å². The number of imidazole rings is 1. The first-order valence-electron chi connectivity index (χ1n) is 10.3. The molecular formula is C21H33N7. The highest BCUT2D eigenvalue weighted by molar-refractivity contribution is 5.79. The number of guanidine groups is 1. The Balaban J connectivity index is 1.34. The summed E-state index contributed by atoms with van der Waals surface area (Å²) in [5.41, 5.74) is 1.07. The maximum Gasteiger partial charge on any atom is 0.191 e. The summed E-state index contributed by atoms with van der Waals surface area (Å²) < 4.78 is 2.20. The molecule has 2 aromatic heterocycles. The van der Waals surface area contributed by atoms with Crippen LogP contribution in [0.4, 0.5) is 5.82 Å². The molecule has 0 aliphatic carbocycles. The summed E-state index contributed by atoms with van der Waals surface area (Å²) in [7, 11) is 1.84. The first-order valence-corrected chi connectivity index (χ1v) is 10.3. The molecule has 28 heavy (non-hydrogen) atoms. The number of aryl methyl sites for hydroxylation is 3. The number of nitrogens with zero attached hydrogens (tertiary/aromatic N) is 5. The van der Waals surface area contributed by atoms with Crippen molar-refractivity contribution < 1.29 is 0 Å². The van der Waals surface area contributed by atoms with E-state index in [-0.39, 0.29) is 0 Å². The standard InChI is InChI=1S/C21H33N7/c1-17-7-6-8-20(25-17)28-14-9-19(10-15-28)26-21(22-3)24-11-4-5-13-27-16-12-23-18(27)2/h6-8,12,16,19H,4-5,9-11,13-15H2,1-3H3,(H2,22,24,26). The van der Waals surface area contributed by atoms with E-state index < -0.39 is 0 Å². The zero-order chi connectivity index (χ0) is 19.8. The molecule has 0 amide bonds. The summed E-state index contributed by atoms with van der Waals surface area (Å²) in [6.45, 7) is 8.09. The molecule has 0 unspecified atom stereocenters. The van der Waals surface area contributed by atoms with Crippen molar-refractivity contribution in [2.45, 2.75) is 52.1 Å². The zero-order valence-electron chi connectivity index (χ0n) is 17.4. The maximum atomic E-state index is 4.64. The Morgan fingerprint density at radius 1 is 1.21 bits per heavy atom. The van der Waals surface area contributed by atoms with Gasteiger partial charge in [0.25, 0.3) is 0 Å². The number of anilines is 1. The van der Waals surface area contributed by atoms with Gasteiger partial charge in [-0.05, 0) is 51.7 Å². The van der Waals surface area contributed by atoms with Crippen molar-refractivity contribution in [2.24, 2.45) is 4.99 Å². The van der Waals surface area contributed by atoms with Crippen LogP contribution in [0.2, 0.25) is 0 Å². The number of aromatic nitrogens is 3. The molecule has 3 rings (SSSR count). The van der Waals surface area contributed by atoms with Crippen LogP contribution in [0, 0.1) is 13.8 Å². The zero-order valence-corrected chi connectivity index (χ0v) is 17.4. The van der Waals surface area contributed by atoms with E-state index in [9.17, 15) is 0 Å². The van der Waals surface area contributed by atoms with E-state index in [1.54, 1.807) is 0 Å². The molecule has 1 aliphatic heterocycles. The van der Waals surface area contributed by atoms with Crippen LogP contribution in [0.1, 0.15) is 37.2 Å². The van der Waals surface area contributed by atoms with Crippen LogP contribution in [0.15, 0.2) is 35.6 Å². The molecule has 1 fully saturated rings. The second kappa shape index (κ2) is 10.1. The summed E-state index contributed by atoms with van der Waals surface area (Å²) in [5, 5.41) is 7.03. The number of pyridine rings is 1. The predicted molar refractivity (Wildman–Crippen MR) is 115 cm³/mol. The van der Waals surface area contributed by atoms with Gasteiger partial charge in [0, 0.05) is 57.4 Å². The van der Waals surface area contributed by atoms with Gasteiger partial charge >= 0.3 is 0 Å². The Labute approximate surface area is 168 Å². The van der Waals surface area contributed by atoms with Crippen molar-refractivity contribution in [3.8, 4) is 0 Å². The monoisotopic (exact) mass is 383 g/mol. The Morgan fingerprint density at radius 3 is 2.71 bits per heavy atom. The average Bonchev–Trinajstić information content (AvgIpc) is 3.12. The van der Waals surface area contributed by atoms with Crippen molar-refractivity contribution in [1.82, 2.24) is 25.2 Å². The topological polar surface area (TPSA) is 70.4 Å². The third kappa shape index (κ3) is 5.71. The van der Waals surface area contributed by atoms with E-state index in [1.165, 1.54) is 0 Å². The van der Waals surface area contributed by atoms with Crippen LogP contribution in [0.5, 0.6) is 0 Å². The molecule has 0 bridgehead atoms. The smallest absolute Gasteiger partial charge is 0.191 e. The van der Waals surface area contributed by atoms with Gasteiger partial charge < -0.3 is 20.1 Å². The molecule has 1 saturated heterocycles. The van der Waals surface area contributed by atoms with Crippen LogP contribution in [-0.4, -0.2) is 53.2 Å². The second-order valence-corrected chi connectivity index (χ2v) is 7.42. The third-order valence-corrected chi connectivity index (χ3v) is 5.30. The number of nitrogens with one attached hydrogen (secondary N) is 2. The molecule has 0 atom stereocenters. The third-order valence-electron chi connectivity index (χ3n) is 5.30. The number of rotatable bonds is 7. The van der Waals surface area contributed by atoms with E-state index in [4.69, 9.17) is 0 Å². The fourth-order valence-electron chi connectivity index (χ4n) is 3.60. The van der Waals surface area contributed by atoms with Gasteiger partial charge in [-0.2, -0.15) is 0 Å². The van der Waals surface area contributed by atoms with Crippen molar-refractivity contribution in [1.29, 1.82) is 0 Å². The van der Waals surface area contributed by atoms with E-state index in [1.807, 2.05) is 39.4 Å². The highest BCUT2D eigenvalue weighted by atomic mass is 15.2. The number of hydrogen-bond acceptors (Lipinski definition) is 4. The molecular weight excluding hydrogens is 350 g/mol. The first kappa shape index (κ1) is 20.2. The van der Waals surface area contributed by atoms with Gasteiger partial charge in [0.1, 0.15) is 11.6 Å². The van der Waals surface area contributed by atoms with Crippen LogP contribution >= 0.6 is 0 Å². The SMILES string of the molecule is CN=C(NCCCCn1ccnc1C)NC1CCN(c2cccc(C)n2)CC1. The van der Waals surface area contributed by atoms with Gasteiger partial charge in [-0.15, -0.1) is 0 Å². The van der Waals surface area contributed by atoms with Crippen molar-refractivity contribution in [3.05, 3.63) is 42.1 Å². The molecule has 0 aromatic carbocycles. The molecule has 3 heterocycles. The molecule has 0 spiro atoms. The molecule has 7 heteroatoms. The summed E-state index contributed by atoms with van der Waals surface area (Å²) in [6, 6.07) is 6.69. The highest BCUT2D eigenvalue weighted by Gasteiger charge is 2.20. The van der Waals surface area contributed by atoms with Crippen molar-refractivity contribution in [2.75, 3.05) is 31.6 Å². The van der Waals surface area contributed by atoms with Crippen LogP contribution < -0.4 is 15.5 Å². The van der Waals surface area contributed by atoms with Crippen molar-refractivity contribution in [3.63, 3.8) is 0 Å². The molecule has 0 saturated carbocycles. The van der Waals surface area contributed by atoms with E-state index in [0.717, 1.165) is 75.2 Å². The molecule has 152 valence electrons. The highest BCUT2D eigenvalue weighted by Crippen LogP contribution is 2.18. The first-order chi connectivity index (χ1) is 13.7. The van der Waals surface area contributed by atoms with Crippen LogP contribution in [-0.2, 0) is 6.54 Å². The van der Waals surface area contributed by atoms with Gasteiger partial charge in [0.15, 0.2) is 5.96 Å². The van der Waals surface area contributed by atoms with E-state index in [2.05, 4.69) is 47.2 Å². The Morgan fingerprint density at radius 2 is 2.04 bits per heavy atom. The minimum absolute atomic E-state index is 0.459.